The van der Waals surface area contributed by atoms with Crippen LogP contribution in [0.4, 0.5) is 23.0 Å². The highest BCUT2D eigenvalue weighted by Crippen LogP contribution is 2.36. The van der Waals surface area contributed by atoms with Crippen molar-refractivity contribution in [2.24, 2.45) is 0 Å². The Kier molecular flexibility index (Phi) is 6.71. The molecule has 35 heavy (non-hydrogen) atoms. The molecule has 1 fully saturated rings. The van der Waals surface area contributed by atoms with Crippen molar-refractivity contribution >= 4 is 33.8 Å². The third-order valence-corrected chi connectivity index (χ3v) is 5.96. The number of benzene rings is 1. The molecule has 0 atom stereocenters. The van der Waals surface area contributed by atoms with Gasteiger partial charge in [-0.1, -0.05) is 6.07 Å². The molecule has 1 aromatic carbocycles. The molecule has 5 rings (SSSR count). The maximum atomic E-state index is 10.5. The summed E-state index contributed by atoms with van der Waals surface area (Å²) in [6.07, 6.45) is 4.15. The Morgan fingerprint density at radius 2 is 2.03 bits per heavy atom. The predicted octanol–water partition coefficient (Wildman–Crippen LogP) is 2.94. The molecular formula is C25H28N8O2. The van der Waals surface area contributed by atoms with Gasteiger partial charge < -0.3 is 30.7 Å². The summed E-state index contributed by atoms with van der Waals surface area (Å²) in [6, 6.07) is 13.8. The largest absolute Gasteiger partial charge is 0.494 e. The number of anilines is 4. The molecule has 0 aliphatic carbocycles. The van der Waals surface area contributed by atoms with E-state index in [1.807, 2.05) is 36.4 Å². The molecule has 10 heteroatoms. The highest BCUT2D eigenvalue weighted by atomic mass is 16.5. The van der Waals surface area contributed by atoms with Gasteiger partial charge in [0.1, 0.15) is 17.4 Å². The van der Waals surface area contributed by atoms with Gasteiger partial charge in [0.25, 0.3) is 0 Å². The van der Waals surface area contributed by atoms with Crippen molar-refractivity contribution < 1.29 is 9.84 Å². The van der Waals surface area contributed by atoms with E-state index in [9.17, 15) is 5.11 Å². The van der Waals surface area contributed by atoms with Gasteiger partial charge in [0, 0.05) is 68.2 Å². The van der Waals surface area contributed by atoms with Gasteiger partial charge in [-0.15, -0.1) is 5.10 Å². The van der Waals surface area contributed by atoms with Gasteiger partial charge in [0.15, 0.2) is 0 Å². The van der Waals surface area contributed by atoms with Crippen molar-refractivity contribution in [1.82, 2.24) is 25.5 Å². The van der Waals surface area contributed by atoms with Gasteiger partial charge in [-0.25, -0.2) is 4.98 Å². The van der Waals surface area contributed by atoms with E-state index in [4.69, 9.17) is 9.72 Å². The zero-order chi connectivity index (χ0) is 24.0. The summed E-state index contributed by atoms with van der Waals surface area (Å²) in [5.74, 6) is 1.61. The Balaban J connectivity index is 1.42. The van der Waals surface area contributed by atoms with E-state index in [1.54, 1.807) is 19.5 Å². The Labute approximate surface area is 203 Å². The number of pyridine rings is 2. The minimum absolute atomic E-state index is 0.186. The van der Waals surface area contributed by atoms with Gasteiger partial charge in [-0.2, -0.15) is 5.10 Å². The van der Waals surface area contributed by atoms with Gasteiger partial charge in [-0.05, 0) is 30.3 Å². The van der Waals surface area contributed by atoms with E-state index in [-0.39, 0.29) is 5.88 Å². The molecule has 1 aliphatic rings. The molecule has 180 valence electrons. The standard InChI is InChI=1S/C25H28N8O2/c1-35-21-15-19(33-12-10-26-11-13-33)5-6-20(21)30-24-23-17(16-29-32-25(23)34)14-22(31-24)28-9-7-18-4-2-3-8-27-18/h2-6,8,14-16,26H,7,9-13H2,1H3,(H,32,34)(H2,28,30,31). The van der Waals surface area contributed by atoms with Crippen molar-refractivity contribution in [2.75, 3.05) is 55.4 Å². The van der Waals surface area contributed by atoms with E-state index < -0.39 is 0 Å². The van der Waals surface area contributed by atoms with Gasteiger partial charge in [0.05, 0.1) is 24.4 Å². The van der Waals surface area contributed by atoms with Crippen LogP contribution in [0, 0.1) is 0 Å². The van der Waals surface area contributed by atoms with Crippen LogP contribution in [-0.4, -0.2) is 65.1 Å². The predicted molar refractivity (Wildman–Crippen MR) is 137 cm³/mol. The van der Waals surface area contributed by atoms with E-state index in [0.717, 1.165) is 49.7 Å². The second kappa shape index (κ2) is 10.4. The van der Waals surface area contributed by atoms with Crippen molar-refractivity contribution in [1.29, 1.82) is 0 Å². The normalized spacial score (nSPS) is 13.6. The van der Waals surface area contributed by atoms with Crippen LogP contribution in [0.1, 0.15) is 5.69 Å². The molecule has 1 aliphatic heterocycles. The Morgan fingerprint density at radius 1 is 1.14 bits per heavy atom. The monoisotopic (exact) mass is 472 g/mol. The number of rotatable bonds is 8. The summed E-state index contributed by atoms with van der Waals surface area (Å²) in [5, 5.41) is 29.4. The average molecular weight is 473 g/mol. The second-order valence-electron chi connectivity index (χ2n) is 8.23. The molecule has 4 heterocycles. The quantitative estimate of drug-likeness (QED) is 0.305. The fourth-order valence-electron chi connectivity index (χ4n) is 4.17. The minimum atomic E-state index is -0.186. The van der Waals surface area contributed by atoms with E-state index in [0.29, 0.717) is 34.7 Å². The molecule has 3 aromatic heterocycles. The molecule has 4 aromatic rings. The third-order valence-electron chi connectivity index (χ3n) is 5.96. The Hall–Kier alpha value is -4.18. The molecule has 0 amide bonds. The van der Waals surface area contributed by atoms with Crippen molar-refractivity contribution in [3.63, 3.8) is 0 Å². The number of aromatic hydroxyl groups is 1. The smallest absolute Gasteiger partial charge is 0.242 e. The zero-order valence-electron chi connectivity index (χ0n) is 19.5. The summed E-state index contributed by atoms with van der Waals surface area (Å²) < 4.78 is 5.69. The summed E-state index contributed by atoms with van der Waals surface area (Å²) >= 11 is 0. The lowest BCUT2D eigenvalue weighted by atomic mass is 10.2. The lowest BCUT2D eigenvalue weighted by Crippen LogP contribution is -2.43. The number of nitrogens with zero attached hydrogens (tertiary/aromatic N) is 5. The maximum absolute atomic E-state index is 10.5. The van der Waals surface area contributed by atoms with Crippen LogP contribution in [0.15, 0.2) is 54.9 Å². The molecule has 0 bridgehead atoms. The van der Waals surface area contributed by atoms with E-state index in [2.05, 4.69) is 42.1 Å². The van der Waals surface area contributed by atoms with Crippen LogP contribution in [0.3, 0.4) is 0 Å². The fraction of sp³-hybridized carbons (Fsp3) is 0.280. The number of hydrogen-bond donors (Lipinski definition) is 4. The third kappa shape index (κ3) is 5.17. The van der Waals surface area contributed by atoms with Crippen molar-refractivity contribution in [3.8, 4) is 11.6 Å². The number of ether oxygens (including phenoxy) is 1. The SMILES string of the molecule is COc1cc(N2CCNCC2)ccc1Nc1nc(NCCc2ccccn2)cc2cnnc(O)c12. The topological polar surface area (TPSA) is 120 Å². The van der Waals surface area contributed by atoms with Crippen molar-refractivity contribution in [3.05, 3.63) is 60.6 Å². The van der Waals surface area contributed by atoms with Crippen molar-refractivity contribution in [2.45, 2.75) is 6.42 Å². The first-order valence-electron chi connectivity index (χ1n) is 11.6. The second-order valence-corrected chi connectivity index (χ2v) is 8.23. The van der Waals surface area contributed by atoms with Crippen LogP contribution < -0.4 is 25.6 Å². The number of nitrogens with one attached hydrogen (secondary N) is 3. The van der Waals surface area contributed by atoms with Gasteiger partial charge >= 0.3 is 0 Å². The van der Waals surface area contributed by atoms with Crippen LogP contribution in [0.2, 0.25) is 0 Å². The fourth-order valence-corrected chi connectivity index (χ4v) is 4.17. The maximum Gasteiger partial charge on any atom is 0.242 e. The minimum Gasteiger partial charge on any atom is -0.494 e. The molecule has 0 radical (unpaired) electrons. The Morgan fingerprint density at radius 3 is 2.83 bits per heavy atom. The van der Waals surface area contributed by atoms with Crippen LogP contribution in [-0.2, 0) is 6.42 Å². The van der Waals surface area contributed by atoms with E-state index >= 15 is 0 Å². The average Bonchev–Trinajstić information content (AvgIpc) is 2.90. The summed E-state index contributed by atoms with van der Waals surface area (Å²) in [5.41, 5.74) is 2.84. The van der Waals surface area contributed by atoms with Crippen LogP contribution >= 0.6 is 0 Å². The first-order chi connectivity index (χ1) is 17.2. The number of methoxy groups -OCH3 is 1. The lowest BCUT2D eigenvalue weighted by Gasteiger charge is -2.30. The Bertz CT molecular complexity index is 1300. The van der Waals surface area contributed by atoms with Crippen LogP contribution in [0.25, 0.3) is 10.8 Å². The van der Waals surface area contributed by atoms with E-state index in [1.165, 1.54) is 0 Å². The molecule has 0 unspecified atom stereocenters. The zero-order valence-corrected chi connectivity index (χ0v) is 19.5. The summed E-state index contributed by atoms with van der Waals surface area (Å²) in [6.45, 7) is 4.46. The summed E-state index contributed by atoms with van der Waals surface area (Å²) in [7, 11) is 1.64. The molecule has 1 saturated heterocycles. The number of aromatic nitrogens is 4. The molecule has 0 saturated carbocycles. The summed E-state index contributed by atoms with van der Waals surface area (Å²) in [4.78, 5) is 11.4. The molecule has 10 nitrogen and oxygen atoms in total. The van der Waals surface area contributed by atoms with Gasteiger partial charge in [0.2, 0.25) is 5.88 Å². The molecule has 4 N–H and O–H groups in total. The lowest BCUT2D eigenvalue weighted by molar-refractivity contribution is 0.416. The number of fused-ring (bicyclic) bond motifs is 1. The van der Waals surface area contributed by atoms with Gasteiger partial charge in [-0.3, -0.25) is 4.98 Å². The first-order valence-corrected chi connectivity index (χ1v) is 11.6. The highest BCUT2D eigenvalue weighted by Gasteiger charge is 2.16. The highest BCUT2D eigenvalue weighted by molar-refractivity contribution is 5.98. The molecular weight excluding hydrogens is 444 g/mol. The molecule has 0 spiro atoms. The first kappa shape index (κ1) is 22.6. The van der Waals surface area contributed by atoms with Crippen LogP contribution in [0.5, 0.6) is 11.6 Å². The number of hydrogen-bond acceptors (Lipinski definition) is 10. The number of piperazine rings is 1.